The largest absolute Gasteiger partial charge is 0.329 e. The third kappa shape index (κ3) is 3.04. The Morgan fingerprint density at radius 2 is 2.05 bits per heavy atom. The van der Waals surface area contributed by atoms with E-state index in [9.17, 15) is 4.39 Å². The van der Waals surface area contributed by atoms with E-state index < -0.39 is 0 Å². The molecule has 1 fully saturated rings. The van der Waals surface area contributed by atoms with Crippen LogP contribution in [0.3, 0.4) is 0 Å². The first-order chi connectivity index (χ1) is 9.43. The Hall–Kier alpha value is -0.930. The van der Waals surface area contributed by atoms with Gasteiger partial charge >= 0.3 is 0 Å². The minimum absolute atomic E-state index is 0.117. The lowest BCUT2D eigenvalue weighted by atomic mass is 9.83. The highest BCUT2D eigenvalue weighted by Gasteiger charge is 2.33. The first-order valence-corrected chi connectivity index (χ1v) is 7.65. The van der Waals surface area contributed by atoms with Crippen molar-refractivity contribution < 1.29 is 4.39 Å². The average molecular weight is 278 g/mol. The van der Waals surface area contributed by atoms with Crippen molar-refractivity contribution in [3.8, 4) is 0 Å². The molecule has 0 radical (unpaired) electrons. The van der Waals surface area contributed by atoms with Crippen LogP contribution in [0.25, 0.3) is 0 Å². The van der Waals surface area contributed by atoms with E-state index in [1.165, 1.54) is 12.5 Å². The van der Waals surface area contributed by atoms with Crippen LogP contribution >= 0.6 is 0 Å². The molecule has 0 aliphatic carbocycles. The van der Waals surface area contributed by atoms with Gasteiger partial charge in [0, 0.05) is 25.2 Å². The number of benzene rings is 1. The second-order valence-corrected chi connectivity index (χ2v) is 6.51. The SMILES string of the molecule is Cc1ccc(F)cc1C(CN)N1CC(C)CC(C)C1C. The molecule has 4 unspecified atom stereocenters. The number of rotatable bonds is 3. The lowest BCUT2D eigenvalue weighted by molar-refractivity contribution is 0.0421. The quantitative estimate of drug-likeness (QED) is 0.917. The number of likely N-dealkylation sites (tertiary alicyclic amines) is 1. The lowest BCUT2D eigenvalue weighted by Crippen LogP contribution is -2.49. The van der Waals surface area contributed by atoms with Crippen molar-refractivity contribution in [3.05, 3.63) is 35.1 Å². The van der Waals surface area contributed by atoms with Gasteiger partial charge < -0.3 is 5.73 Å². The summed E-state index contributed by atoms with van der Waals surface area (Å²) in [6, 6.07) is 5.64. The molecule has 1 saturated heterocycles. The highest BCUT2D eigenvalue weighted by molar-refractivity contribution is 5.30. The predicted molar refractivity (Wildman–Crippen MR) is 82.0 cm³/mol. The highest BCUT2D eigenvalue weighted by Crippen LogP contribution is 2.34. The van der Waals surface area contributed by atoms with Crippen molar-refractivity contribution in [2.24, 2.45) is 17.6 Å². The van der Waals surface area contributed by atoms with Gasteiger partial charge in [0.25, 0.3) is 0 Å². The molecule has 1 aliphatic heterocycles. The number of aryl methyl sites for hydroxylation is 1. The number of hydrogen-bond donors (Lipinski definition) is 1. The maximum absolute atomic E-state index is 13.6. The van der Waals surface area contributed by atoms with Gasteiger partial charge in [0.1, 0.15) is 5.82 Å². The first-order valence-electron chi connectivity index (χ1n) is 7.65. The standard InChI is InChI=1S/C17H27FN2/c1-11-7-13(3)14(4)20(10-11)17(9-19)16-8-15(18)6-5-12(16)2/h5-6,8,11,13-14,17H,7,9-10,19H2,1-4H3. The van der Waals surface area contributed by atoms with Crippen LogP contribution in [0.2, 0.25) is 0 Å². The first kappa shape index (κ1) is 15.5. The van der Waals surface area contributed by atoms with Crippen molar-refractivity contribution in [1.29, 1.82) is 0 Å². The van der Waals surface area contributed by atoms with Crippen molar-refractivity contribution in [2.45, 2.75) is 46.2 Å². The molecule has 3 heteroatoms. The number of halogens is 1. The van der Waals surface area contributed by atoms with Gasteiger partial charge in [-0.15, -0.1) is 0 Å². The molecule has 112 valence electrons. The maximum Gasteiger partial charge on any atom is 0.123 e. The molecule has 0 aromatic heterocycles. The molecule has 1 aromatic carbocycles. The Morgan fingerprint density at radius 1 is 1.35 bits per heavy atom. The van der Waals surface area contributed by atoms with Gasteiger partial charge in [-0.05, 0) is 55.4 Å². The van der Waals surface area contributed by atoms with Gasteiger partial charge in [0.05, 0.1) is 0 Å². The van der Waals surface area contributed by atoms with Gasteiger partial charge in [-0.2, -0.15) is 0 Å². The average Bonchev–Trinajstić information content (AvgIpc) is 2.40. The van der Waals surface area contributed by atoms with E-state index in [-0.39, 0.29) is 11.9 Å². The molecule has 1 heterocycles. The Morgan fingerprint density at radius 3 is 2.70 bits per heavy atom. The number of hydrogen-bond acceptors (Lipinski definition) is 2. The minimum Gasteiger partial charge on any atom is -0.329 e. The zero-order chi connectivity index (χ0) is 14.9. The molecular weight excluding hydrogens is 251 g/mol. The normalized spacial score (nSPS) is 29.4. The summed E-state index contributed by atoms with van der Waals surface area (Å²) >= 11 is 0. The lowest BCUT2D eigenvalue weighted by Gasteiger charge is -2.45. The molecule has 1 aromatic rings. The van der Waals surface area contributed by atoms with Crippen LogP contribution in [0.4, 0.5) is 4.39 Å². The van der Waals surface area contributed by atoms with E-state index in [1.807, 2.05) is 13.0 Å². The summed E-state index contributed by atoms with van der Waals surface area (Å²) in [5.74, 6) is 1.15. The van der Waals surface area contributed by atoms with Crippen molar-refractivity contribution >= 4 is 0 Å². The molecule has 2 rings (SSSR count). The van der Waals surface area contributed by atoms with Gasteiger partial charge in [-0.3, -0.25) is 4.90 Å². The monoisotopic (exact) mass is 278 g/mol. The summed E-state index contributed by atoms with van der Waals surface area (Å²) in [6.07, 6.45) is 1.26. The van der Waals surface area contributed by atoms with Crippen LogP contribution in [0.15, 0.2) is 18.2 Å². The molecule has 0 saturated carbocycles. The van der Waals surface area contributed by atoms with Crippen LogP contribution in [-0.2, 0) is 0 Å². The fourth-order valence-corrected chi connectivity index (χ4v) is 3.58. The zero-order valence-electron chi connectivity index (χ0n) is 13.1. The summed E-state index contributed by atoms with van der Waals surface area (Å²) in [7, 11) is 0. The van der Waals surface area contributed by atoms with Crippen LogP contribution in [0.1, 0.15) is 44.4 Å². The fraction of sp³-hybridized carbons (Fsp3) is 0.647. The third-order valence-electron chi connectivity index (χ3n) is 4.87. The summed E-state index contributed by atoms with van der Waals surface area (Å²) in [5, 5.41) is 0. The minimum atomic E-state index is -0.171. The number of nitrogens with two attached hydrogens (primary N) is 1. The van der Waals surface area contributed by atoms with Gasteiger partial charge in [0.2, 0.25) is 0 Å². The number of piperidine rings is 1. The van der Waals surface area contributed by atoms with Crippen LogP contribution < -0.4 is 5.73 Å². The van der Waals surface area contributed by atoms with E-state index in [0.717, 1.165) is 17.7 Å². The molecule has 0 amide bonds. The van der Waals surface area contributed by atoms with E-state index >= 15 is 0 Å². The molecule has 1 aliphatic rings. The topological polar surface area (TPSA) is 29.3 Å². The molecule has 0 spiro atoms. The summed E-state index contributed by atoms with van der Waals surface area (Å²) in [6.45, 7) is 10.5. The maximum atomic E-state index is 13.6. The van der Waals surface area contributed by atoms with Crippen LogP contribution in [-0.4, -0.2) is 24.0 Å². The predicted octanol–water partition coefficient (Wildman–Crippen LogP) is 3.50. The Bertz CT molecular complexity index is 460. The van der Waals surface area contributed by atoms with Crippen molar-refractivity contribution in [3.63, 3.8) is 0 Å². The summed E-state index contributed by atoms with van der Waals surface area (Å²) in [4.78, 5) is 2.47. The fourth-order valence-electron chi connectivity index (χ4n) is 3.58. The molecule has 20 heavy (non-hydrogen) atoms. The molecule has 2 N–H and O–H groups in total. The van der Waals surface area contributed by atoms with Crippen molar-refractivity contribution in [2.75, 3.05) is 13.1 Å². The van der Waals surface area contributed by atoms with Crippen molar-refractivity contribution in [1.82, 2.24) is 4.90 Å². The number of nitrogens with zero attached hydrogens (tertiary/aromatic N) is 1. The second kappa shape index (κ2) is 6.23. The molecule has 4 atom stereocenters. The molecule has 2 nitrogen and oxygen atoms in total. The molecular formula is C17H27FN2. The van der Waals surface area contributed by atoms with Crippen LogP contribution in [0, 0.1) is 24.6 Å². The summed E-state index contributed by atoms with van der Waals surface area (Å²) < 4.78 is 13.6. The van der Waals surface area contributed by atoms with E-state index in [0.29, 0.717) is 24.4 Å². The van der Waals surface area contributed by atoms with Gasteiger partial charge in [0.15, 0.2) is 0 Å². The van der Waals surface area contributed by atoms with Gasteiger partial charge in [-0.25, -0.2) is 4.39 Å². The van der Waals surface area contributed by atoms with Gasteiger partial charge in [-0.1, -0.05) is 19.9 Å². The van der Waals surface area contributed by atoms with E-state index in [2.05, 4.69) is 25.7 Å². The Kier molecular flexibility index (Phi) is 4.82. The Labute approximate surface area is 122 Å². The summed E-state index contributed by atoms with van der Waals surface area (Å²) in [5.41, 5.74) is 8.21. The third-order valence-corrected chi connectivity index (χ3v) is 4.87. The molecule has 0 bridgehead atoms. The van der Waals surface area contributed by atoms with Crippen LogP contribution in [0.5, 0.6) is 0 Å². The zero-order valence-corrected chi connectivity index (χ0v) is 13.1. The smallest absolute Gasteiger partial charge is 0.123 e. The Balaban J connectivity index is 2.33. The van der Waals surface area contributed by atoms with E-state index in [1.54, 1.807) is 6.07 Å². The second-order valence-electron chi connectivity index (χ2n) is 6.51. The van der Waals surface area contributed by atoms with E-state index in [4.69, 9.17) is 5.73 Å². The highest BCUT2D eigenvalue weighted by atomic mass is 19.1.